The van der Waals surface area contributed by atoms with Gasteiger partial charge in [-0.25, -0.2) is 0 Å². The monoisotopic (exact) mass is 586 g/mol. The molecular weight excluding hydrogens is 553 g/mol. The number of nitrogens with one attached hydrogen (secondary N) is 1. The van der Waals surface area contributed by atoms with E-state index >= 15 is 0 Å². The van der Waals surface area contributed by atoms with Crippen molar-refractivity contribution in [1.82, 2.24) is 9.97 Å². The normalized spacial score (nSPS) is 17.6. The highest BCUT2D eigenvalue weighted by atomic mass is 19.4. The molecule has 224 valence electrons. The van der Waals surface area contributed by atoms with Crippen LogP contribution in [0.5, 0.6) is 5.88 Å². The molecule has 9 nitrogen and oxygen atoms in total. The molecule has 1 atom stereocenters. The van der Waals surface area contributed by atoms with Crippen molar-refractivity contribution < 1.29 is 36.9 Å². The zero-order chi connectivity index (χ0) is 29.5. The van der Waals surface area contributed by atoms with E-state index in [4.69, 9.17) is 23.9 Å². The van der Waals surface area contributed by atoms with Crippen LogP contribution < -0.4 is 15.0 Å². The third-order valence-electron chi connectivity index (χ3n) is 7.02. The van der Waals surface area contributed by atoms with Crippen molar-refractivity contribution in [2.75, 3.05) is 56.3 Å². The summed E-state index contributed by atoms with van der Waals surface area (Å²) in [5.41, 5.74) is 1.71. The van der Waals surface area contributed by atoms with Gasteiger partial charge in [-0.2, -0.15) is 18.2 Å². The molecule has 2 aromatic heterocycles. The van der Waals surface area contributed by atoms with Crippen molar-refractivity contribution in [2.24, 2.45) is 0 Å². The molecule has 4 heterocycles. The van der Waals surface area contributed by atoms with Gasteiger partial charge in [0.15, 0.2) is 6.29 Å². The molecule has 42 heavy (non-hydrogen) atoms. The predicted octanol–water partition coefficient (Wildman–Crippen LogP) is 5.48. The van der Waals surface area contributed by atoms with Crippen LogP contribution in [-0.4, -0.2) is 68.3 Å². The number of aromatic nitrogens is 2. The maximum atomic E-state index is 13.1. The molecule has 1 N–H and O–H groups in total. The highest BCUT2D eigenvalue weighted by Gasteiger charge is 2.33. The van der Waals surface area contributed by atoms with Crippen LogP contribution in [0.1, 0.15) is 40.9 Å². The lowest BCUT2D eigenvalue weighted by atomic mass is 10.00. The number of hydrogen-bond donors (Lipinski definition) is 1. The van der Waals surface area contributed by atoms with E-state index in [1.165, 1.54) is 6.07 Å². The molecule has 0 bridgehead atoms. The number of carbonyl (C=O) groups is 1. The summed E-state index contributed by atoms with van der Waals surface area (Å²) < 4.78 is 62.2. The standard InChI is InChI=1S/C30H33F3N4O5/c1-20-5-6-23(35-29(38)21-7-8-34-25(16-21)30(31,32)33)19-24(20)22-17-26(37-9-12-39-13-10-37)36-27(18-22)40-14-15-42-28-4-2-3-11-41-28/h5-8,16-19,28H,2-4,9-15H2,1H3,(H,35,38). The number of nitrogens with zero attached hydrogens (tertiary/aromatic N) is 3. The van der Waals surface area contributed by atoms with Gasteiger partial charge < -0.3 is 29.2 Å². The minimum absolute atomic E-state index is 0.144. The van der Waals surface area contributed by atoms with Gasteiger partial charge in [0.05, 0.1) is 19.8 Å². The molecule has 2 saturated heterocycles. The predicted molar refractivity (Wildman–Crippen MR) is 150 cm³/mol. The molecule has 2 aliphatic heterocycles. The first-order valence-electron chi connectivity index (χ1n) is 13.9. The van der Waals surface area contributed by atoms with E-state index in [2.05, 4.69) is 15.2 Å². The molecule has 1 aromatic carbocycles. The van der Waals surface area contributed by atoms with E-state index in [-0.39, 0.29) is 11.9 Å². The molecule has 1 amide bonds. The van der Waals surface area contributed by atoms with Crippen LogP contribution in [0.3, 0.4) is 0 Å². The molecule has 2 aliphatic rings. The van der Waals surface area contributed by atoms with Crippen molar-refractivity contribution in [3.63, 3.8) is 0 Å². The van der Waals surface area contributed by atoms with E-state index in [0.717, 1.165) is 54.0 Å². The fourth-order valence-corrected chi connectivity index (χ4v) is 4.78. The lowest BCUT2D eigenvalue weighted by molar-refractivity contribution is -0.165. The van der Waals surface area contributed by atoms with Crippen LogP contribution in [0.4, 0.5) is 24.7 Å². The van der Waals surface area contributed by atoms with Gasteiger partial charge >= 0.3 is 6.18 Å². The molecule has 1 unspecified atom stereocenters. The maximum absolute atomic E-state index is 13.1. The van der Waals surface area contributed by atoms with Crippen LogP contribution in [0.15, 0.2) is 48.7 Å². The smallest absolute Gasteiger partial charge is 0.433 e. The van der Waals surface area contributed by atoms with E-state index in [0.29, 0.717) is 57.7 Å². The number of morpholine rings is 1. The van der Waals surface area contributed by atoms with Gasteiger partial charge in [0.1, 0.15) is 18.1 Å². The molecule has 3 aromatic rings. The van der Waals surface area contributed by atoms with Gasteiger partial charge in [0.2, 0.25) is 5.88 Å². The number of pyridine rings is 2. The summed E-state index contributed by atoms with van der Waals surface area (Å²) in [5.74, 6) is 0.479. The highest BCUT2D eigenvalue weighted by molar-refractivity contribution is 6.04. The van der Waals surface area contributed by atoms with E-state index < -0.39 is 17.8 Å². The van der Waals surface area contributed by atoms with Crippen molar-refractivity contribution in [3.05, 3.63) is 65.5 Å². The molecule has 5 rings (SSSR count). The van der Waals surface area contributed by atoms with Crippen LogP contribution in [0.2, 0.25) is 0 Å². The average molecular weight is 587 g/mol. The zero-order valence-corrected chi connectivity index (χ0v) is 23.3. The van der Waals surface area contributed by atoms with Gasteiger partial charge in [0.25, 0.3) is 5.91 Å². The van der Waals surface area contributed by atoms with Crippen molar-refractivity contribution in [2.45, 2.75) is 38.7 Å². The fourth-order valence-electron chi connectivity index (χ4n) is 4.78. The van der Waals surface area contributed by atoms with E-state index in [9.17, 15) is 18.0 Å². The number of rotatable bonds is 9. The van der Waals surface area contributed by atoms with E-state index in [1.807, 2.05) is 25.1 Å². The van der Waals surface area contributed by atoms with Crippen molar-refractivity contribution >= 4 is 17.4 Å². The summed E-state index contributed by atoms with van der Waals surface area (Å²) in [5, 5.41) is 2.70. The maximum Gasteiger partial charge on any atom is 0.433 e. The first-order valence-corrected chi connectivity index (χ1v) is 13.9. The summed E-state index contributed by atoms with van der Waals surface area (Å²) in [6, 6.07) is 11.1. The van der Waals surface area contributed by atoms with Gasteiger partial charge in [-0.15, -0.1) is 0 Å². The summed E-state index contributed by atoms with van der Waals surface area (Å²) in [7, 11) is 0. The van der Waals surface area contributed by atoms with Gasteiger partial charge in [-0.3, -0.25) is 9.78 Å². The Bertz CT molecular complexity index is 1380. The highest BCUT2D eigenvalue weighted by Crippen LogP contribution is 2.33. The van der Waals surface area contributed by atoms with E-state index in [1.54, 1.807) is 12.1 Å². The zero-order valence-electron chi connectivity index (χ0n) is 23.3. The summed E-state index contributed by atoms with van der Waals surface area (Å²) in [4.78, 5) is 23.0. The number of alkyl halides is 3. The second-order valence-electron chi connectivity index (χ2n) is 10.1. The molecule has 2 fully saturated rings. The molecule has 0 spiro atoms. The Morgan fingerprint density at radius 3 is 2.67 bits per heavy atom. The second kappa shape index (κ2) is 13.5. The lowest BCUT2D eigenvalue weighted by Gasteiger charge is -2.28. The fraction of sp³-hybridized carbons (Fsp3) is 0.433. The summed E-state index contributed by atoms with van der Waals surface area (Å²) in [6.45, 7) is 5.82. The Balaban J connectivity index is 1.36. The van der Waals surface area contributed by atoms with Crippen molar-refractivity contribution in [1.29, 1.82) is 0 Å². The lowest BCUT2D eigenvalue weighted by Crippen LogP contribution is -2.36. The average Bonchev–Trinajstić information content (AvgIpc) is 3.01. The molecule has 0 radical (unpaired) electrons. The largest absolute Gasteiger partial charge is 0.475 e. The van der Waals surface area contributed by atoms with Crippen LogP contribution in [0.25, 0.3) is 11.1 Å². The number of anilines is 2. The number of halogens is 3. The third kappa shape index (κ3) is 7.75. The number of benzene rings is 1. The Morgan fingerprint density at radius 2 is 1.90 bits per heavy atom. The van der Waals surface area contributed by atoms with Gasteiger partial charge in [-0.1, -0.05) is 6.07 Å². The van der Waals surface area contributed by atoms with Crippen LogP contribution >= 0.6 is 0 Å². The molecule has 12 heteroatoms. The van der Waals surface area contributed by atoms with Crippen LogP contribution in [-0.2, 0) is 20.4 Å². The Morgan fingerprint density at radius 1 is 1.07 bits per heavy atom. The number of ether oxygens (including phenoxy) is 4. The Hall–Kier alpha value is -3.74. The first kappa shape index (κ1) is 29.7. The number of aryl methyl sites for hydroxylation is 1. The molecule has 0 aliphatic carbocycles. The molecule has 0 saturated carbocycles. The minimum atomic E-state index is -4.65. The Labute approximate surface area is 242 Å². The topological polar surface area (TPSA) is 95.0 Å². The SMILES string of the molecule is Cc1ccc(NC(=O)c2ccnc(C(F)(F)F)c2)cc1-c1cc(OCCOC2CCCCO2)nc(N2CCOCC2)c1. The molecular formula is C30H33F3N4O5. The van der Waals surface area contributed by atoms with Gasteiger partial charge in [0, 0.05) is 43.2 Å². The number of amides is 1. The third-order valence-corrected chi connectivity index (χ3v) is 7.02. The van der Waals surface area contributed by atoms with Crippen molar-refractivity contribution in [3.8, 4) is 17.0 Å². The summed E-state index contributed by atoms with van der Waals surface area (Å²) >= 11 is 0. The second-order valence-corrected chi connectivity index (χ2v) is 10.1. The minimum Gasteiger partial charge on any atom is -0.475 e. The summed E-state index contributed by atoms with van der Waals surface area (Å²) in [6.07, 6.45) is -0.901. The number of hydrogen-bond acceptors (Lipinski definition) is 8. The van der Waals surface area contributed by atoms with Gasteiger partial charge in [-0.05, 0) is 73.2 Å². The first-order chi connectivity index (χ1) is 20.3. The number of carbonyl (C=O) groups excluding carboxylic acids is 1. The quantitative estimate of drug-likeness (QED) is 0.330. The Kier molecular flexibility index (Phi) is 9.55. The van der Waals surface area contributed by atoms with Crippen LogP contribution in [0, 0.1) is 6.92 Å².